The Bertz CT molecular complexity index is 644. The predicted octanol–water partition coefficient (Wildman–Crippen LogP) is 5.93. The van der Waals surface area contributed by atoms with Gasteiger partial charge in [-0.15, -0.1) is 0 Å². The molecule has 3 atom stereocenters. The van der Waals surface area contributed by atoms with E-state index in [0.717, 1.165) is 26.6 Å². The number of nitrogen functional groups attached to an aromatic ring is 1. The van der Waals surface area contributed by atoms with E-state index in [-0.39, 0.29) is 23.4 Å². The average molecular weight is 510 g/mol. The molecule has 1 saturated heterocycles. The summed E-state index contributed by atoms with van der Waals surface area (Å²) in [6.07, 6.45) is 2.46. The van der Waals surface area contributed by atoms with E-state index in [9.17, 15) is 0 Å². The van der Waals surface area contributed by atoms with Gasteiger partial charge in [-0.25, -0.2) is 0 Å². The van der Waals surface area contributed by atoms with E-state index in [0.29, 0.717) is 0 Å². The third kappa shape index (κ3) is 3.03. The molecule has 3 rings (SSSR count). The highest BCUT2D eigenvalue weighted by atomic mass is 127. The molecule has 2 bridgehead atoms. The van der Waals surface area contributed by atoms with Gasteiger partial charge in [-0.1, -0.05) is 20.8 Å². The van der Waals surface area contributed by atoms with Crippen LogP contribution < -0.4 is 5.73 Å². The molecule has 2 aliphatic heterocycles. The Labute approximate surface area is 162 Å². The van der Waals surface area contributed by atoms with E-state index in [2.05, 4.69) is 78.5 Å². The van der Waals surface area contributed by atoms with Crippen molar-refractivity contribution >= 4 is 52.5 Å². The Morgan fingerprint density at radius 2 is 2.00 bits per heavy atom. The minimum atomic E-state index is -1.88. The summed E-state index contributed by atoms with van der Waals surface area (Å²) >= 11 is 6.02. The quantitative estimate of drug-likeness (QED) is 0.305. The Balaban J connectivity index is 2.08. The molecule has 1 aromatic carbocycles. The van der Waals surface area contributed by atoms with E-state index in [1.54, 1.807) is 0 Å². The molecule has 0 aliphatic carbocycles. The first-order valence-corrected chi connectivity index (χ1v) is 12.9. The van der Waals surface area contributed by atoms with Crippen molar-refractivity contribution in [3.05, 3.63) is 25.2 Å². The molecule has 0 spiro atoms. The summed E-state index contributed by atoms with van der Waals surface area (Å²) in [6.45, 7) is 11.5. The second-order valence-electron chi connectivity index (χ2n) is 8.13. The van der Waals surface area contributed by atoms with E-state index >= 15 is 0 Å². The smallest absolute Gasteiger partial charge is 0.193 e. The lowest BCUT2D eigenvalue weighted by molar-refractivity contribution is -0.0478. The SMILES string of the molecule is CC(C)(C)[Si](C)(C)O[C@@H]1c2cc(I)c(N)c(Br)c2[C@@H]2CC[C@H]1O2. The number of hydrogen-bond donors (Lipinski definition) is 1. The zero-order valence-corrected chi connectivity index (χ0v) is 19.1. The lowest BCUT2D eigenvalue weighted by Crippen LogP contribution is -2.44. The Morgan fingerprint density at radius 1 is 1.35 bits per heavy atom. The number of ether oxygens (including phenoxy) is 1. The maximum atomic E-state index is 6.80. The summed E-state index contributed by atoms with van der Waals surface area (Å²) in [7, 11) is -1.88. The van der Waals surface area contributed by atoms with Crippen LogP contribution in [0.25, 0.3) is 0 Å². The van der Waals surface area contributed by atoms with Crippen LogP contribution in [0.4, 0.5) is 5.69 Å². The highest BCUT2D eigenvalue weighted by Crippen LogP contribution is 2.53. The molecule has 1 fully saturated rings. The van der Waals surface area contributed by atoms with Crippen molar-refractivity contribution in [1.29, 1.82) is 0 Å². The molecule has 2 heterocycles. The largest absolute Gasteiger partial charge is 0.407 e. The highest BCUT2D eigenvalue weighted by molar-refractivity contribution is 14.1. The molecule has 6 heteroatoms. The molecule has 23 heavy (non-hydrogen) atoms. The van der Waals surface area contributed by atoms with Crippen molar-refractivity contribution < 1.29 is 9.16 Å². The third-order valence-corrected chi connectivity index (χ3v) is 11.8. The van der Waals surface area contributed by atoms with Crippen molar-refractivity contribution in [3.63, 3.8) is 0 Å². The standard InChI is InChI=1S/C17H25BrINO2Si/c1-17(2,3)23(4,5)22-16-9-8-10(19)15(20)14(18)13(9)11-6-7-12(16)21-11/h8,11-12,16H,6-7,20H2,1-5H3/t11-,12+,16+/m0/s1. The molecule has 2 N–H and O–H groups in total. The zero-order valence-electron chi connectivity index (χ0n) is 14.4. The van der Waals surface area contributed by atoms with Gasteiger partial charge in [0.15, 0.2) is 8.32 Å². The van der Waals surface area contributed by atoms with Crippen LogP contribution in [0, 0.1) is 3.57 Å². The minimum Gasteiger partial charge on any atom is -0.407 e. The summed E-state index contributed by atoms with van der Waals surface area (Å²) in [5.74, 6) is 0. The van der Waals surface area contributed by atoms with E-state index in [1.165, 1.54) is 11.1 Å². The molecule has 0 unspecified atom stereocenters. The summed E-state index contributed by atoms with van der Waals surface area (Å²) in [5.41, 5.74) is 9.53. The molecule has 0 aromatic heterocycles. The maximum Gasteiger partial charge on any atom is 0.193 e. The van der Waals surface area contributed by atoms with Gasteiger partial charge in [0.2, 0.25) is 0 Å². The number of fused-ring (bicyclic) bond motifs is 4. The monoisotopic (exact) mass is 509 g/mol. The lowest BCUT2D eigenvalue weighted by Gasteiger charge is -2.43. The Morgan fingerprint density at radius 3 is 2.61 bits per heavy atom. The van der Waals surface area contributed by atoms with Crippen LogP contribution in [0.3, 0.4) is 0 Å². The van der Waals surface area contributed by atoms with Gasteiger partial charge in [0.1, 0.15) is 0 Å². The summed E-state index contributed by atoms with van der Waals surface area (Å²) in [4.78, 5) is 0. The van der Waals surface area contributed by atoms with Gasteiger partial charge >= 0.3 is 0 Å². The first kappa shape index (κ1) is 18.2. The fourth-order valence-electron chi connectivity index (χ4n) is 3.16. The van der Waals surface area contributed by atoms with Crippen LogP contribution in [0.1, 0.15) is 56.9 Å². The number of halogens is 2. The van der Waals surface area contributed by atoms with Crippen LogP contribution in [0.2, 0.25) is 18.1 Å². The van der Waals surface area contributed by atoms with E-state index in [1.807, 2.05) is 0 Å². The second kappa shape index (κ2) is 5.97. The van der Waals surface area contributed by atoms with Crippen LogP contribution in [-0.2, 0) is 9.16 Å². The van der Waals surface area contributed by atoms with Gasteiger partial charge in [-0.05, 0) is 81.1 Å². The molecule has 1 aromatic rings. The van der Waals surface area contributed by atoms with Crippen LogP contribution in [0.15, 0.2) is 10.5 Å². The first-order chi connectivity index (χ1) is 10.5. The van der Waals surface area contributed by atoms with Crippen molar-refractivity contribution in [1.82, 2.24) is 0 Å². The lowest BCUT2D eigenvalue weighted by atomic mass is 9.95. The van der Waals surface area contributed by atoms with Crippen LogP contribution >= 0.6 is 38.5 Å². The zero-order chi connectivity index (χ0) is 17.2. The molecule has 0 saturated carbocycles. The summed E-state index contributed by atoms with van der Waals surface area (Å²) < 4.78 is 15.2. The maximum absolute atomic E-state index is 6.80. The fourth-order valence-corrected chi connectivity index (χ4v) is 6.10. The minimum absolute atomic E-state index is 0.0232. The predicted molar refractivity (Wildman–Crippen MR) is 109 cm³/mol. The summed E-state index contributed by atoms with van der Waals surface area (Å²) in [6, 6.07) is 2.21. The first-order valence-electron chi connectivity index (χ1n) is 8.13. The van der Waals surface area contributed by atoms with E-state index in [4.69, 9.17) is 14.9 Å². The molecular weight excluding hydrogens is 485 g/mol. The van der Waals surface area contributed by atoms with Gasteiger partial charge in [0, 0.05) is 13.6 Å². The van der Waals surface area contributed by atoms with Gasteiger partial charge < -0.3 is 14.9 Å². The van der Waals surface area contributed by atoms with E-state index < -0.39 is 8.32 Å². The van der Waals surface area contributed by atoms with Gasteiger partial charge in [-0.3, -0.25) is 0 Å². The van der Waals surface area contributed by atoms with Crippen molar-refractivity contribution in [2.75, 3.05) is 5.73 Å². The third-order valence-electron chi connectivity index (χ3n) is 5.57. The average Bonchev–Trinajstić information content (AvgIpc) is 2.84. The topological polar surface area (TPSA) is 44.5 Å². The summed E-state index contributed by atoms with van der Waals surface area (Å²) in [5, 5.41) is 0.181. The fraction of sp³-hybridized carbons (Fsp3) is 0.647. The molecule has 2 aliphatic rings. The molecule has 0 amide bonds. The number of anilines is 1. The number of benzene rings is 1. The Hall–Kier alpha value is 0.367. The van der Waals surface area contributed by atoms with Crippen molar-refractivity contribution in [3.8, 4) is 0 Å². The number of rotatable bonds is 2. The van der Waals surface area contributed by atoms with Gasteiger partial charge in [0.05, 0.1) is 24.0 Å². The van der Waals surface area contributed by atoms with Crippen LogP contribution in [0.5, 0.6) is 0 Å². The number of hydrogen-bond acceptors (Lipinski definition) is 3. The molecule has 0 radical (unpaired) electrons. The number of nitrogens with two attached hydrogens (primary N) is 1. The second-order valence-corrected chi connectivity index (χ2v) is 14.8. The molecular formula is C17H25BrINO2Si. The normalized spacial score (nSPS) is 27.2. The van der Waals surface area contributed by atoms with Crippen LogP contribution in [-0.4, -0.2) is 14.4 Å². The van der Waals surface area contributed by atoms with Gasteiger partial charge in [-0.2, -0.15) is 0 Å². The van der Waals surface area contributed by atoms with Crippen molar-refractivity contribution in [2.24, 2.45) is 0 Å². The molecule has 3 nitrogen and oxygen atoms in total. The van der Waals surface area contributed by atoms with Crippen molar-refractivity contribution in [2.45, 2.75) is 70.1 Å². The molecule has 128 valence electrons. The Kier molecular flexibility index (Phi) is 4.71. The van der Waals surface area contributed by atoms with Gasteiger partial charge in [0.25, 0.3) is 0 Å². The highest BCUT2D eigenvalue weighted by Gasteiger charge is 2.47.